The zero-order chi connectivity index (χ0) is 20.0. The molecule has 2 aromatic rings. The molecule has 0 saturated carbocycles. The molecule has 0 saturated heterocycles. The zero-order valence-electron chi connectivity index (χ0n) is 18.0. The smallest absolute Gasteiger partial charge is 0.232 e. The van der Waals surface area contributed by atoms with E-state index in [9.17, 15) is 0 Å². The molecule has 5 nitrogen and oxygen atoms in total. The molecule has 0 radical (unpaired) electrons. The van der Waals surface area contributed by atoms with Crippen LogP contribution in [0.15, 0.2) is 4.52 Å². The maximum absolute atomic E-state index is 5.49. The van der Waals surface area contributed by atoms with Gasteiger partial charge in [0.2, 0.25) is 5.89 Å². The van der Waals surface area contributed by atoms with Crippen LogP contribution in [0.2, 0.25) is 0 Å². The summed E-state index contributed by atoms with van der Waals surface area (Å²) in [4.78, 5) is 9.48. The molecule has 0 fully saturated rings. The minimum absolute atomic E-state index is 0.0158. The van der Waals surface area contributed by atoms with Gasteiger partial charge in [-0.1, -0.05) is 74.4 Å². The van der Waals surface area contributed by atoms with Gasteiger partial charge in [0.25, 0.3) is 0 Å². The average molecular weight is 379 g/mol. The first-order valence-electron chi connectivity index (χ1n) is 9.32. The number of hydrogen-bond acceptors (Lipinski definition) is 6. The van der Waals surface area contributed by atoms with Crippen molar-refractivity contribution >= 4 is 11.5 Å². The van der Waals surface area contributed by atoms with E-state index >= 15 is 0 Å². The Balaban J connectivity index is 2.12. The first-order valence-corrected chi connectivity index (χ1v) is 10.1. The van der Waals surface area contributed by atoms with Crippen molar-refractivity contribution in [2.45, 2.75) is 104 Å². The van der Waals surface area contributed by atoms with E-state index in [2.05, 4.69) is 83.8 Å². The fourth-order valence-electron chi connectivity index (χ4n) is 2.45. The lowest BCUT2D eigenvalue weighted by atomic mass is 9.78. The Morgan fingerprint density at radius 1 is 0.731 bits per heavy atom. The summed E-state index contributed by atoms with van der Waals surface area (Å²) in [5.74, 6) is 2.41. The minimum atomic E-state index is -0.151. The lowest BCUT2D eigenvalue weighted by molar-refractivity contribution is 0.306. The van der Waals surface area contributed by atoms with Crippen LogP contribution in [0.4, 0.5) is 0 Å². The van der Waals surface area contributed by atoms with Crippen molar-refractivity contribution in [3.63, 3.8) is 0 Å². The van der Waals surface area contributed by atoms with Crippen molar-refractivity contribution in [2.75, 3.05) is 0 Å². The van der Waals surface area contributed by atoms with Gasteiger partial charge in [-0.25, -0.2) is 4.98 Å². The summed E-state index contributed by atoms with van der Waals surface area (Å²) in [6, 6.07) is 0. The third-order valence-electron chi connectivity index (χ3n) is 4.72. The van der Waals surface area contributed by atoms with E-state index < -0.39 is 0 Å². The summed E-state index contributed by atoms with van der Waals surface area (Å²) in [7, 11) is 0. The molecule has 2 aromatic heterocycles. The van der Waals surface area contributed by atoms with Crippen LogP contribution in [0, 0.1) is 0 Å². The van der Waals surface area contributed by atoms with Gasteiger partial charge in [0.15, 0.2) is 5.82 Å². The maximum atomic E-state index is 5.49. The Kier molecular flexibility index (Phi) is 5.41. The van der Waals surface area contributed by atoms with Gasteiger partial charge < -0.3 is 4.52 Å². The molecule has 0 atom stereocenters. The summed E-state index contributed by atoms with van der Waals surface area (Å²) >= 11 is 1.53. The molecular formula is C20H34N4OS. The molecular weight excluding hydrogens is 344 g/mol. The van der Waals surface area contributed by atoms with Crippen molar-refractivity contribution in [1.82, 2.24) is 19.5 Å². The second kappa shape index (κ2) is 6.70. The summed E-state index contributed by atoms with van der Waals surface area (Å²) in [5.41, 5.74) is -0.328. The fourth-order valence-corrected chi connectivity index (χ4v) is 3.41. The summed E-state index contributed by atoms with van der Waals surface area (Å²) in [6.45, 7) is 21.6. The molecule has 2 heterocycles. The van der Waals surface area contributed by atoms with Crippen LogP contribution in [-0.2, 0) is 21.7 Å². The molecule has 2 rings (SSSR count). The summed E-state index contributed by atoms with van der Waals surface area (Å²) in [5, 5.41) is 5.35. The van der Waals surface area contributed by atoms with E-state index in [0.29, 0.717) is 5.89 Å². The first kappa shape index (κ1) is 21.0. The van der Waals surface area contributed by atoms with Crippen molar-refractivity contribution < 1.29 is 4.52 Å². The molecule has 0 aliphatic heterocycles. The average Bonchev–Trinajstić information content (AvgIpc) is 3.13. The van der Waals surface area contributed by atoms with E-state index in [4.69, 9.17) is 9.51 Å². The third kappa shape index (κ3) is 4.70. The van der Waals surface area contributed by atoms with Gasteiger partial charge in [-0.3, -0.25) is 0 Å². The number of hydrogen-bond donors (Lipinski definition) is 0. The minimum Gasteiger partial charge on any atom is -0.339 e. The van der Waals surface area contributed by atoms with E-state index in [1.165, 1.54) is 11.5 Å². The Morgan fingerprint density at radius 3 is 1.77 bits per heavy atom. The zero-order valence-corrected chi connectivity index (χ0v) is 18.8. The Morgan fingerprint density at radius 2 is 1.31 bits per heavy atom. The van der Waals surface area contributed by atoms with Gasteiger partial charge in [0.1, 0.15) is 10.8 Å². The largest absolute Gasteiger partial charge is 0.339 e. The Bertz CT molecular complexity index is 680. The van der Waals surface area contributed by atoms with Gasteiger partial charge >= 0.3 is 0 Å². The first-order chi connectivity index (χ1) is 11.6. The molecule has 0 bridgehead atoms. The van der Waals surface area contributed by atoms with Crippen LogP contribution in [0.3, 0.4) is 0 Å². The predicted octanol–water partition coefficient (Wildman–Crippen LogP) is 5.55. The second-order valence-electron chi connectivity index (χ2n) is 10.6. The molecule has 6 heteroatoms. The van der Waals surface area contributed by atoms with Crippen LogP contribution in [0.25, 0.3) is 0 Å². The van der Waals surface area contributed by atoms with Crippen LogP contribution >= 0.6 is 11.5 Å². The van der Waals surface area contributed by atoms with Gasteiger partial charge in [0.05, 0.1) is 0 Å². The molecule has 0 aromatic carbocycles. The molecule has 0 aliphatic rings. The monoisotopic (exact) mass is 378 g/mol. The number of nitrogens with zero attached hydrogens (tertiary/aromatic N) is 4. The van der Waals surface area contributed by atoms with Gasteiger partial charge in [-0.2, -0.15) is 9.36 Å². The van der Waals surface area contributed by atoms with Crippen LogP contribution < -0.4 is 0 Å². The maximum Gasteiger partial charge on any atom is 0.232 e. The van der Waals surface area contributed by atoms with Crippen LogP contribution in [-0.4, -0.2) is 19.5 Å². The molecule has 0 N–H and O–H groups in total. The third-order valence-corrected chi connectivity index (χ3v) is 5.80. The van der Waals surface area contributed by atoms with E-state index in [1.807, 2.05) is 0 Å². The van der Waals surface area contributed by atoms with Crippen molar-refractivity contribution in [3.05, 3.63) is 22.5 Å². The number of rotatable bonds is 5. The highest BCUT2D eigenvalue weighted by molar-refractivity contribution is 7.05. The van der Waals surface area contributed by atoms with Crippen LogP contribution in [0.5, 0.6) is 0 Å². The van der Waals surface area contributed by atoms with Gasteiger partial charge in [-0.15, -0.1) is 0 Å². The highest BCUT2D eigenvalue weighted by Gasteiger charge is 2.34. The normalized spacial score (nSPS) is 14.1. The SMILES string of the molecule is CC(C)(C)c1nsc(C(C)(C)CCC(C)(C)c2noc(C(C)(C)C)n2)n1. The number of aromatic nitrogens is 4. The standard InChI is InChI=1S/C20H34N4OS/c1-17(2,3)13-22-16(26-24-13)20(9,10)12-11-19(7,8)14-21-15(25-23-14)18(4,5)6/h11-12H2,1-10H3. The van der Waals surface area contributed by atoms with E-state index in [-0.39, 0.29) is 21.7 Å². The van der Waals surface area contributed by atoms with Gasteiger partial charge in [0, 0.05) is 21.7 Å². The highest BCUT2D eigenvalue weighted by atomic mass is 32.1. The van der Waals surface area contributed by atoms with Crippen LogP contribution in [0.1, 0.15) is 105 Å². The van der Waals surface area contributed by atoms with Gasteiger partial charge in [-0.05, 0) is 24.4 Å². The Hall–Kier alpha value is -1.30. The lowest BCUT2D eigenvalue weighted by Gasteiger charge is -2.27. The predicted molar refractivity (Wildman–Crippen MR) is 107 cm³/mol. The van der Waals surface area contributed by atoms with Crippen molar-refractivity contribution in [1.29, 1.82) is 0 Å². The second-order valence-corrected chi connectivity index (χ2v) is 11.4. The molecule has 26 heavy (non-hydrogen) atoms. The summed E-state index contributed by atoms with van der Waals surface area (Å²) < 4.78 is 10.1. The molecule has 0 spiro atoms. The molecule has 0 unspecified atom stereocenters. The highest BCUT2D eigenvalue weighted by Crippen LogP contribution is 2.37. The fraction of sp³-hybridized carbons (Fsp3) is 0.800. The quantitative estimate of drug-likeness (QED) is 0.682. The van der Waals surface area contributed by atoms with Crippen molar-refractivity contribution in [3.8, 4) is 0 Å². The molecule has 0 amide bonds. The lowest BCUT2D eigenvalue weighted by Crippen LogP contribution is -2.26. The molecule has 146 valence electrons. The molecule has 0 aliphatic carbocycles. The van der Waals surface area contributed by atoms with E-state index in [0.717, 1.165) is 29.5 Å². The van der Waals surface area contributed by atoms with E-state index in [1.54, 1.807) is 0 Å². The topological polar surface area (TPSA) is 64.7 Å². The summed E-state index contributed by atoms with van der Waals surface area (Å²) in [6.07, 6.45) is 1.94. The van der Waals surface area contributed by atoms with Crippen molar-refractivity contribution in [2.24, 2.45) is 0 Å². The Labute approximate surface area is 162 Å².